The SMILES string of the molecule is CC(ON(C(c1ccccc1)C(C)C)C(C)(C)C)c1ccc(COc2ccc(C(C)(C)c3ccc(OCc4ccc(C(C)ON(C(c5ccccc5)C(C)C)C(C)(C)C)cc4)cc3)cc2)cc1. The Kier molecular flexibility index (Phi) is 17.0. The van der Waals surface area contributed by atoms with Gasteiger partial charge >= 0.3 is 0 Å². The molecular formula is C61H78N2O4. The summed E-state index contributed by atoms with van der Waals surface area (Å²) in [7, 11) is 0. The maximum Gasteiger partial charge on any atom is 0.119 e. The van der Waals surface area contributed by atoms with E-state index in [0.717, 1.165) is 33.8 Å². The molecule has 0 saturated carbocycles. The van der Waals surface area contributed by atoms with Gasteiger partial charge in [0, 0.05) is 16.5 Å². The Labute approximate surface area is 404 Å². The molecule has 6 nitrogen and oxygen atoms in total. The first kappa shape index (κ1) is 51.2. The second-order valence-electron chi connectivity index (χ2n) is 21.4. The molecule has 0 radical (unpaired) electrons. The van der Waals surface area contributed by atoms with Crippen molar-refractivity contribution < 1.29 is 19.1 Å². The number of hydrogen-bond acceptors (Lipinski definition) is 6. The van der Waals surface area contributed by atoms with E-state index in [1.807, 2.05) is 0 Å². The van der Waals surface area contributed by atoms with Gasteiger partial charge in [0.05, 0.1) is 12.1 Å². The zero-order valence-corrected chi connectivity index (χ0v) is 42.9. The van der Waals surface area contributed by atoms with E-state index < -0.39 is 0 Å². The number of ether oxygens (including phenoxy) is 2. The Morgan fingerprint density at radius 1 is 0.373 bits per heavy atom. The minimum absolute atomic E-state index is 0.118. The fraction of sp³-hybridized carbons (Fsp3) is 0.410. The molecule has 6 aromatic rings. The molecule has 356 valence electrons. The monoisotopic (exact) mass is 903 g/mol. The largest absolute Gasteiger partial charge is 0.489 e. The van der Waals surface area contributed by atoms with Gasteiger partial charge in [0.15, 0.2) is 0 Å². The summed E-state index contributed by atoms with van der Waals surface area (Å²) in [6.45, 7) is 32.1. The molecule has 6 aromatic carbocycles. The molecule has 0 bridgehead atoms. The molecule has 0 aliphatic heterocycles. The van der Waals surface area contributed by atoms with Gasteiger partial charge in [-0.15, -0.1) is 0 Å². The molecule has 4 atom stereocenters. The number of nitrogens with zero attached hydrogens (tertiary/aromatic N) is 2. The zero-order chi connectivity index (χ0) is 48.5. The van der Waals surface area contributed by atoms with E-state index in [-0.39, 0.29) is 40.8 Å². The van der Waals surface area contributed by atoms with Crippen LogP contribution in [0.4, 0.5) is 0 Å². The molecule has 67 heavy (non-hydrogen) atoms. The highest BCUT2D eigenvalue weighted by Crippen LogP contribution is 2.39. The van der Waals surface area contributed by atoms with Crippen molar-refractivity contribution in [1.29, 1.82) is 0 Å². The normalized spacial score (nSPS) is 14.4. The second-order valence-corrected chi connectivity index (χ2v) is 21.4. The number of hydroxylamine groups is 4. The van der Waals surface area contributed by atoms with E-state index in [9.17, 15) is 0 Å². The highest BCUT2D eigenvalue weighted by Gasteiger charge is 2.36. The highest BCUT2D eigenvalue weighted by atomic mass is 16.7. The molecule has 0 heterocycles. The molecule has 0 amide bonds. The lowest BCUT2D eigenvalue weighted by molar-refractivity contribution is -0.272. The van der Waals surface area contributed by atoms with Gasteiger partial charge in [-0.05, 0) is 136 Å². The van der Waals surface area contributed by atoms with Crippen LogP contribution in [0.15, 0.2) is 158 Å². The lowest BCUT2D eigenvalue weighted by Crippen LogP contribution is -2.46. The van der Waals surface area contributed by atoms with Gasteiger partial charge < -0.3 is 9.47 Å². The summed E-state index contributed by atoms with van der Waals surface area (Å²) in [4.78, 5) is 13.6. The predicted octanol–water partition coefficient (Wildman–Crippen LogP) is 16.2. The Morgan fingerprint density at radius 2 is 0.687 bits per heavy atom. The fourth-order valence-electron chi connectivity index (χ4n) is 8.83. The molecule has 0 saturated heterocycles. The Hall–Kier alpha value is -5.24. The van der Waals surface area contributed by atoms with Gasteiger partial charge in [-0.25, -0.2) is 0 Å². The summed E-state index contributed by atoms with van der Waals surface area (Å²) in [5.41, 5.74) is 8.83. The molecule has 0 N–H and O–H groups in total. The van der Waals surface area contributed by atoms with E-state index in [4.69, 9.17) is 19.1 Å². The van der Waals surface area contributed by atoms with Crippen LogP contribution >= 0.6 is 0 Å². The molecular weight excluding hydrogens is 825 g/mol. The van der Waals surface area contributed by atoms with Crippen LogP contribution in [0.1, 0.15) is 166 Å². The maximum atomic E-state index is 6.79. The van der Waals surface area contributed by atoms with Gasteiger partial charge in [0.1, 0.15) is 36.9 Å². The number of rotatable bonds is 20. The van der Waals surface area contributed by atoms with Crippen LogP contribution in [0.2, 0.25) is 0 Å². The summed E-state index contributed by atoms with van der Waals surface area (Å²) in [5, 5.41) is 4.39. The number of benzene rings is 6. The minimum Gasteiger partial charge on any atom is -0.489 e. The summed E-state index contributed by atoms with van der Waals surface area (Å²) in [6.07, 6.45) is -0.235. The standard InChI is InChI=1S/C61H78N2O4/c1-43(2)57(51-21-17-15-18-22-51)62(59(7,8)9)66-45(5)49-29-25-47(26-30-49)41-64-55-37-33-53(34-38-55)61(13,14)54-35-39-56(40-36-54)65-42-48-27-31-50(32-28-48)46(6)67-63(60(10,11)12)58(44(3)4)52-23-19-16-20-24-52/h15-40,43-46,57-58H,41-42H2,1-14H3. The molecule has 4 unspecified atom stereocenters. The van der Waals surface area contributed by atoms with Crippen molar-refractivity contribution in [2.24, 2.45) is 11.8 Å². The molecule has 0 fully saturated rings. The first-order chi connectivity index (χ1) is 31.7. The summed E-state index contributed by atoms with van der Waals surface area (Å²) in [6, 6.07) is 55.8. The maximum absolute atomic E-state index is 6.79. The minimum atomic E-state index is -0.210. The lowest BCUT2D eigenvalue weighted by Gasteiger charge is -2.44. The van der Waals surface area contributed by atoms with Crippen molar-refractivity contribution in [2.75, 3.05) is 0 Å². The molecule has 0 aliphatic carbocycles. The highest BCUT2D eigenvalue weighted by molar-refractivity contribution is 5.42. The average Bonchev–Trinajstić information content (AvgIpc) is 3.30. The van der Waals surface area contributed by atoms with Crippen molar-refractivity contribution in [2.45, 2.75) is 151 Å². The van der Waals surface area contributed by atoms with Gasteiger partial charge in [0.25, 0.3) is 0 Å². The van der Waals surface area contributed by atoms with Crippen LogP contribution in [0.25, 0.3) is 0 Å². The third kappa shape index (κ3) is 13.5. The van der Waals surface area contributed by atoms with Crippen molar-refractivity contribution in [3.8, 4) is 11.5 Å². The number of hydrogen-bond donors (Lipinski definition) is 0. The van der Waals surface area contributed by atoms with Crippen molar-refractivity contribution in [3.05, 3.63) is 202 Å². The van der Waals surface area contributed by atoms with Gasteiger partial charge in [-0.3, -0.25) is 9.68 Å². The molecule has 0 spiro atoms. The van der Waals surface area contributed by atoms with E-state index in [0.29, 0.717) is 25.0 Å². The van der Waals surface area contributed by atoms with E-state index in [2.05, 4.69) is 265 Å². The van der Waals surface area contributed by atoms with Gasteiger partial charge in [0.2, 0.25) is 0 Å². The third-order valence-electron chi connectivity index (χ3n) is 12.8. The Balaban J connectivity index is 0.999. The summed E-state index contributed by atoms with van der Waals surface area (Å²) < 4.78 is 12.5. The van der Waals surface area contributed by atoms with Crippen molar-refractivity contribution >= 4 is 0 Å². The van der Waals surface area contributed by atoms with E-state index >= 15 is 0 Å². The first-order valence-electron chi connectivity index (χ1n) is 24.4. The van der Waals surface area contributed by atoms with Gasteiger partial charge in [-0.1, -0.05) is 175 Å². The van der Waals surface area contributed by atoms with Crippen molar-refractivity contribution in [3.63, 3.8) is 0 Å². The topological polar surface area (TPSA) is 43.4 Å². The zero-order valence-electron chi connectivity index (χ0n) is 42.9. The second kappa shape index (κ2) is 22.2. The first-order valence-corrected chi connectivity index (χ1v) is 24.4. The van der Waals surface area contributed by atoms with Crippen LogP contribution < -0.4 is 9.47 Å². The molecule has 0 aromatic heterocycles. The fourth-order valence-corrected chi connectivity index (χ4v) is 8.83. The van der Waals surface area contributed by atoms with E-state index in [1.165, 1.54) is 22.3 Å². The summed E-state index contributed by atoms with van der Waals surface area (Å²) >= 11 is 0. The van der Waals surface area contributed by atoms with Crippen LogP contribution in [0.5, 0.6) is 11.5 Å². The quantitative estimate of drug-likeness (QED) is 0.0711. The lowest BCUT2D eigenvalue weighted by atomic mass is 9.78. The molecule has 6 heteroatoms. The van der Waals surface area contributed by atoms with Crippen LogP contribution in [-0.2, 0) is 28.3 Å². The average molecular weight is 903 g/mol. The van der Waals surface area contributed by atoms with Crippen LogP contribution in [0, 0.1) is 11.8 Å². The molecule has 0 aliphatic rings. The summed E-state index contributed by atoms with van der Waals surface area (Å²) in [5.74, 6) is 2.42. The Morgan fingerprint density at radius 3 is 0.970 bits per heavy atom. The van der Waals surface area contributed by atoms with Crippen LogP contribution in [-0.4, -0.2) is 21.2 Å². The molecule has 6 rings (SSSR count). The van der Waals surface area contributed by atoms with Gasteiger partial charge in [-0.2, -0.15) is 10.1 Å². The predicted molar refractivity (Wildman–Crippen MR) is 277 cm³/mol. The Bertz CT molecular complexity index is 2210. The smallest absolute Gasteiger partial charge is 0.119 e. The van der Waals surface area contributed by atoms with Crippen molar-refractivity contribution in [1.82, 2.24) is 10.1 Å². The van der Waals surface area contributed by atoms with E-state index in [1.54, 1.807) is 0 Å². The van der Waals surface area contributed by atoms with Crippen LogP contribution in [0.3, 0.4) is 0 Å². The third-order valence-corrected chi connectivity index (χ3v) is 12.8.